The molecule has 0 aliphatic heterocycles. The molecule has 0 atom stereocenters. The van der Waals surface area contributed by atoms with Gasteiger partial charge >= 0.3 is 0 Å². The number of nitrogens with zero attached hydrogens (tertiary/aromatic N) is 4. The van der Waals surface area contributed by atoms with Crippen LogP contribution in [0.15, 0.2) is 42.2 Å². The molecule has 0 spiro atoms. The van der Waals surface area contributed by atoms with E-state index in [4.69, 9.17) is 5.73 Å². The van der Waals surface area contributed by atoms with Crippen LogP contribution in [0.1, 0.15) is 16.1 Å². The molecule has 3 aromatic heterocycles. The molecule has 3 rings (SSSR count). The minimum atomic E-state index is -0.181. The normalized spacial score (nSPS) is 10.4. The minimum absolute atomic E-state index is 0.181. The van der Waals surface area contributed by atoms with Crippen LogP contribution in [0, 0.1) is 0 Å². The maximum atomic E-state index is 11.9. The molecular formula is C15H14N6OS. The van der Waals surface area contributed by atoms with Crippen LogP contribution < -0.4 is 11.1 Å². The third-order valence-electron chi connectivity index (χ3n) is 3.02. The second-order valence-electron chi connectivity index (χ2n) is 4.69. The van der Waals surface area contributed by atoms with E-state index in [9.17, 15) is 4.79 Å². The molecule has 7 nitrogen and oxygen atoms in total. The average molecular weight is 326 g/mol. The lowest BCUT2D eigenvalue weighted by atomic mass is 10.2. The average Bonchev–Trinajstić information content (AvgIpc) is 3.05. The smallest absolute Gasteiger partial charge is 0.252 e. The molecule has 0 radical (unpaired) electrons. The van der Waals surface area contributed by atoms with Gasteiger partial charge in [-0.3, -0.25) is 4.79 Å². The molecule has 3 heterocycles. The Morgan fingerprint density at radius 1 is 1.22 bits per heavy atom. The van der Waals surface area contributed by atoms with Crippen LogP contribution in [0.2, 0.25) is 0 Å². The fraction of sp³-hybridized carbons (Fsp3) is 0.133. The summed E-state index contributed by atoms with van der Waals surface area (Å²) >= 11 is 1.49. The molecule has 0 aliphatic rings. The molecule has 23 heavy (non-hydrogen) atoms. The standard InChI is InChI=1S/C15H14N6OS/c16-12-3-2-10(8-20-12)14(22)19-7-4-11-9-23-15(21-11)13-17-5-1-6-18-13/h1-3,5-6,8-9H,4,7H2,(H2,16,20)(H,19,22). The van der Waals surface area contributed by atoms with E-state index in [-0.39, 0.29) is 5.91 Å². The largest absolute Gasteiger partial charge is 0.384 e. The molecule has 0 bridgehead atoms. The van der Waals surface area contributed by atoms with E-state index in [1.54, 1.807) is 30.6 Å². The number of nitrogens with two attached hydrogens (primary N) is 1. The summed E-state index contributed by atoms with van der Waals surface area (Å²) in [6, 6.07) is 5.01. The third kappa shape index (κ3) is 3.86. The zero-order valence-corrected chi connectivity index (χ0v) is 13.0. The van der Waals surface area contributed by atoms with E-state index in [0.717, 1.165) is 10.7 Å². The summed E-state index contributed by atoms with van der Waals surface area (Å²) in [5.41, 5.74) is 6.87. The van der Waals surface area contributed by atoms with Gasteiger partial charge < -0.3 is 11.1 Å². The number of hydrogen-bond donors (Lipinski definition) is 2. The van der Waals surface area contributed by atoms with Crippen LogP contribution in [0.4, 0.5) is 5.82 Å². The summed E-state index contributed by atoms with van der Waals surface area (Å²) in [6.45, 7) is 0.488. The van der Waals surface area contributed by atoms with Crippen molar-refractivity contribution in [3.63, 3.8) is 0 Å². The van der Waals surface area contributed by atoms with Crippen molar-refractivity contribution >= 4 is 23.1 Å². The van der Waals surface area contributed by atoms with Gasteiger partial charge in [0.25, 0.3) is 5.91 Å². The number of nitrogen functional groups attached to an aromatic ring is 1. The van der Waals surface area contributed by atoms with E-state index < -0.39 is 0 Å². The van der Waals surface area contributed by atoms with Gasteiger partial charge in [0.05, 0.1) is 11.3 Å². The zero-order chi connectivity index (χ0) is 16.1. The minimum Gasteiger partial charge on any atom is -0.384 e. The number of aromatic nitrogens is 4. The molecule has 0 aromatic carbocycles. The molecule has 0 unspecified atom stereocenters. The number of hydrogen-bond acceptors (Lipinski definition) is 7. The topological polar surface area (TPSA) is 107 Å². The number of carbonyl (C=O) groups excluding carboxylic acids is 1. The van der Waals surface area contributed by atoms with Crippen molar-refractivity contribution in [2.24, 2.45) is 0 Å². The van der Waals surface area contributed by atoms with Crippen LogP contribution in [0.25, 0.3) is 10.8 Å². The number of rotatable bonds is 5. The summed E-state index contributed by atoms with van der Waals surface area (Å²) in [4.78, 5) is 28.6. The van der Waals surface area contributed by atoms with Crippen molar-refractivity contribution in [1.82, 2.24) is 25.3 Å². The molecule has 1 amide bonds. The quantitative estimate of drug-likeness (QED) is 0.736. The lowest BCUT2D eigenvalue weighted by Gasteiger charge is -2.03. The lowest BCUT2D eigenvalue weighted by molar-refractivity contribution is 0.0954. The Kier molecular flexibility index (Phi) is 4.53. The van der Waals surface area contributed by atoms with E-state index in [2.05, 4.69) is 25.3 Å². The monoisotopic (exact) mass is 326 g/mol. The van der Waals surface area contributed by atoms with Gasteiger partial charge in [0.1, 0.15) is 5.82 Å². The summed E-state index contributed by atoms with van der Waals surface area (Å²) in [5.74, 6) is 0.819. The summed E-state index contributed by atoms with van der Waals surface area (Å²) in [7, 11) is 0. The van der Waals surface area contributed by atoms with Crippen LogP contribution >= 0.6 is 11.3 Å². The van der Waals surface area contributed by atoms with Crippen molar-refractivity contribution in [3.05, 3.63) is 53.4 Å². The predicted octanol–water partition coefficient (Wildman–Crippen LogP) is 1.55. The van der Waals surface area contributed by atoms with Crippen molar-refractivity contribution in [2.75, 3.05) is 12.3 Å². The second kappa shape index (κ2) is 6.93. The first kappa shape index (κ1) is 15.0. The van der Waals surface area contributed by atoms with Crippen molar-refractivity contribution in [2.45, 2.75) is 6.42 Å². The highest BCUT2D eigenvalue weighted by Gasteiger charge is 2.08. The van der Waals surface area contributed by atoms with Crippen LogP contribution in [0.3, 0.4) is 0 Å². The van der Waals surface area contributed by atoms with Crippen molar-refractivity contribution < 1.29 is 4.79 Å². The Morgan fingerprint density at radius 3 is 2.78 bits per heavy atom. The molecule has 3 N–H and O–H groups in total. The predicted molar refractivity (Wildman–Crippen MR) is 87.8 cm³/mol. The number of carbonyl (C=O) groups is 1. The maximum Gasteiger partial charge on any atom is 0.252 e. The summed E-state index contributed by atoms with van der Waals surface area (Å²) in [6.07, 6.45) is 5.46. The Labute approximate surface area is 136 Å². The molecule has 0 fully saturated rings. The van der Waals surface area contributed by atoms with E-state index >= 15 is 0 Å². The maximum absolute atomic E-state index is 11.9. The van der Waals surface area contributed by atoms with Gasteiger partial charge in [0.2, 0.25) is 0 Å². The first-order chi connectivity index (χ1) is 11.2. The number of thiazole rings is 1. The van der Waals surface area contributed by atoms with Crippen molar-refractivity contribution in [1.29, 1.82) is 0 Å². The third-order valence-corrected chi connectivity index (χ3v) is 3.91. The van der Waals surface area contributed by atoms with E-state index in [1.165, 1.54) is 17.5 Å². The number of pyridine rings is 1. The Balaban J connectivity index is 1.54. The van der Waals surface area contributed by atoms with Gasteiger partial charge in [-0.25, -0.2) is 19.9 Å². The first-order valence-electron chi connectivity index (χ1n) is 6.94. The van der Waals surface area contributed by atoms with Gasteiger partial charge in [-0.1, -0.05) is 0 Å². The van der Waals surface area contributed by atoms with Gasteiger partial charge in [0, 0.05) is 36.9 Å². The number of anilines is 1. The Bertz CT molecular complexity index is 787. The Hall–Kier alpha value is -2.87. The van der Waals surface area contributed by atoms with Gasteiger partial charge in [-0.05, 0) is 18.2 Å². The fourth-order valence-corrected chi connectivity index (χ4v) is 2.68. The zero-order valence-electron chi connectivity index (χ0n) is 12.1. The van der Waals surface area contributed by atoms with Gasteiger partial charge in [0.15, 0.2) is 10.8 Å². The molecule has 8 heteroatoms. The van der Waals surface area contributed by atoms with E-state index in [1.807, 2.05) is 5.38 Å². The van der Waals surface area contributed by atoms with Crippen molar-refractivity contribution in [3.8, 4) is 10.8 Å². The molecule has 3 aromatic rings. The Morgan fingerprint density at radius 2 is 2.04 bits per heavy atom. The molecule has 0 aliphatic carbocycles. The lowest BCUT2D eigenvalue weighted by Crippen LogP contribution is -2.25. The van der Waals surface area contributed by atoms with Gasteiger partial charge in [-0.15, -0.1) is 11.3 Å². The second-order valence-corrected chi connectivity index (χ2v) is 5.55. The number of nitrogens with one attached hydrogen (secondary N) is 1. The van der Waals surface area contributed by atoms with Crippen LogP contribution in [0.5, 0.6) is 0 Å². The van der Waals surface area contributed by atoms with Crippen LogP contribution in [-0.4, -0.2) is 32.4 Å². The number of amides is 1. The first-order valence-corrected chi connectivity index (χ1v) is 7.82. The molecule has 116 valence electrons. The SMILES string of the molecule is Nc1ccc(C(=O)NCCc2csc(-c3ncccn3)n2)cn1. The molecule has 0 saturated heterocycles. The fourth-order valence-electron chi connectivity index (χ4n) is 1.88. The van der Waals surface area contributed by atoms with E-state index in [0.29, 0.717) is 30.2 Å². The van der Waals surface area contributed by atoms with Gasteiger partial charge in [-0.2, -0.15) is 0 Å². The highest BCUT2D eigenvalue weighted by molar-refractivity contribution is 7.13. The van der Waals surface area contributed by atoms with Crippen LogP contribution in [-0.2, 0) is 6.42 Å². The molecular weight excluding hydrogens is 312 g/mol. The summed E-state index contributed by atoms with van der Waals surface area (Å²) < 4.78 is 0. The summed E-state index contributed by atoms with van der Waals surface area (Å²) in [5, 5.41) is 5.55. The highest BCUT2D eigenvalue weighted by atomic mass is 32.1. The molecule has 0 saturated carbocycles. The highest BCUT2D eigenvalue weighted by Crippen LogP contribution is 2.19.